The lowest BCUT2D eigenvalue weighted by atomic mass is 10.0. The molecule has 2 atom stereocenters. The summed E-state index contributed by atoms with van der Waals surface area (Å²) in [6.07, 6.45) is -0.390. The number of carbonyl (C=O) groups excluding carboxylic acids is 2. The molecule has 0 radical (unpaired) electrons. The molecule has 8 heteroatoms. The van der Waals surface area contributed by atoms with E-state index in [4.69, 9.17) is 4.74 Å². The van der Waals surface area contributed by atoms with E-state index in [0.717, 1.165) is 5.56 Å². The lowest BCUT2D eigenvalue weighted by molar-refractivity contribution is -0.142. The lowest BCUT2D eigenvalue weighted by Gasteiger charge is -2.31. The van der Waals surface area contributed by atoms with Gasteiger partial charge >= 0.3 is 12.1 Å². The van der Waals surface area contributed by atoms with Crippen LogP contribution in [0.4, 0.5) is 4.79 Å². The summed E-state index contributed by atoms with van der Waals surface area (Å²) in [6.45, 7) is 14.6. The molecule has 1 aromatic rings. The first-order chi connectivity index (χ1) is 15.2. The number of nitrogens with one attached hydrogen (secondary N) is 2. The molecule has 0 bridgehead atoms. The van der Waals surface area contributed by atoms with Crippen molar-refractivity contribution in [3.05, 3.63) is 35.9 Å². The minimum Gasteiger partial charge on any atom is -0.480 e. The highest BCUT2D eigenvalue weighted by atomic mass is 28.3. The summed E-state index contributed by atoms with van der Waals surface area (Å²) in [4.78, 5) is 36.8. The zero-order valence-electron chi connectivity index (χ0n) is 20.8. The molecule has 33 heavy (non-hydrogen) atoms. The molecule has 0 unspecified atom stereocenters. The van der Waals surface area contributed by atoms with Crippen LogP contribution in [0.25, 0.3) is 0 Å². The van der Waals surface area contributed by atoms with Gasteiger partial charge in [-0.1, -0.05) is 78.0 Å². The Morgan fingerprint density at radius 1 is 1.06 bits per heavy atom. The second kappa shape index (κ2) is 12.4. The zero-order valence-corrected chi connectivity index (χ0v) is 21.8. The molecule has 2 amide bonds. The van der Waals surface area contributed by atoms with Crippen LogP contribution in [-0.2, 0) is 20.9 Å². The lowest BCUT2D eigenvalue weighted by Crippen LogP contribution is -2.52. The molecule has 3 N–H and O–H groups in total. The molecule has 0 saturated carbocycles. The summed E-state index contributed by atoms with van der Waals surface area (Å²) < 4.78 is 5.21. The Hall–Kier alpha value is -2.79. The smallest absolute Gasteiger partial charge is 0.408 e. The molecule has 0 aromatic heterocycles. The van der Waals surface area contributed by atoms with Crippen LogP contribution in [0.5, 0.6) is 0 Å². The number of alkyl carbamates (subject to hydrolysis) is 1. The Morgan fingerprint density at radius 3 is 2.18 bits per heavy atom. The first-order valence-corrected chi connectivity index (χ1v) is 14.2. The first kappa shape index (κ1) is 28.2. The van der Waals surface area contributed by atoms with Crippen LogP contribution in [0.1, 0.15) is 53.0 Å². The third kappa shape index (κ3) is 10.1. The SMILES string of the molecule is CC(C)C[C@H](NC(=O)OCc1ccccc1)C(=O)N[C@@H](CC#C[Si](C)(C)C(C)(C)C)C(=O)O. The fourth-order valence-electron chi connectivity index (χ4n) is 2.64. The van der Waals surface area contributed by atoms with E-state index in [2.05, 4.69) is 56.0 Å². The van der Waals surface area contributed by atoms with Crippen molar-refractivity contribution in [1.29, 1.82) is 0 Å². The van der Waals surface area contributed by atoms with Gasteiger partial charge in [0.05, 0.1) is 0 Å². The van der Waals surface area contributed by atoms with Gasteiger partial charge in [-0.05, 0) is 22.9 Å². The molecule has 7 nitrogen and oxygen atoms in total. The number of ether oxygens (including phenoxy) is 1. The van der Waals surface area contributed by atoms with Crippen molar-refractivity contribution < 1.29 is 24.2 Å². The Labute approximate surface area is 198 Å². The van der Waals surface area contributed by atoms with Crippen molar-refractivity contribution in [3.63, 3.8) is 0 Å². The van der Waals surface area contributed by atoms with Crippen LogP contribution < -0.4 is 10.6 Å². The van der Waals surface area contributed by atoms with Crippen LogP contribution in [0.3, 0.4) is 0 Å². The van der Waals surface area contributed by atoms with Crippen molar-refractivity contribution in [2.45, 2.75) is 84.3 Å². The maximum Gasteiger partial charge on any atom is 0.408 e. The van der Waals surface area contributed by atoms with Gasteiger partial charge in [0.1, 0.15) is 26.8 Å². The summed E-state index contributed by atoms with van der Waals surface area (Å²) >= 11 is 0. The van der Waals surface area contributed by atoms with Crippen molar-refractivity contribution in [2.24, 2.45) is 5.92 Å². The van der Waals surface area contributed by atoms with Crippen LogP contribution in [0.2, 0.25) is 18.1 Å². The van der Waals surface area contributed by atoms with E-state index in [1.165, 1.54) is 0 Å². The fraction of sp³-hybridized carbons (Fsp3) is 0.560. The second-order valence-electron chi connectivity index (χ2n) is 10.2. The molecular weight excluding hydrogens is 436 g/mol. The number of hydrogen-bond donors (Lipinski definition) is 3. The summed E-state index contributed by atoms with van der Waals surface area (Å²) in [7, 11) is -1.89. The zero-order chi connectivity index (χ0) is 25.2. The highest BCUT2D eigenvalue weighted by Crippen LogP contribution is 2.35. The predicted molar refractivity (Wildman–Crippen MR) is 132 cm³/mol. The Morgan fingerprint density at radius 2 is 1.67 bits per heavy atom. The van der Waals surface area contributed by atoms with E-state index in [0.29, 0.717) is 6.42 Å². The monoisotopic (exact) mass is 474 g/mol. The Balaban J connectivity index is 2.81. The predicted octanol–water partition coefficient (Wildman–Crippen LogP) is 4.34. The molecule has 1 aromatic carbocycles. The van der Waals surface area contributed by atoms with E-state index in [1.807, 2.05) is 44.2 Å². The van der Waals surface area contributed by atoms with Crippen LogP contribution in [0.15, 0.2) is 30.3 Å². The standard InChI is InChI=1S/C25H38N2O5Si/c1-18(2)16-21(27-24(31)32-17-19-12-9-8-10-13-19)22(28)26-20(23(29)30)14-11-15-33(6,7)25(3,4)5/h8-10,12-13,18,20-21H,14,16-17H2,1-7H3,(H,26,28)(H,27,31)(H,29,30)/t20-,21-/m0/s1. The van der Waals surface area contributed by atoms with Crippen LogP contribution >= 0.6 is 0 Å². The van der Waals surface area contributed by atoms with E-state index in [1.54, 1.807) is 0 Å². The summed E-state index contributed by atoms with van der Waals surface area (Å²) in [5.41, 5.74) is 4.09. The number of carboxylic acids is 1. The molecule has 182 valence electrons. The maximum absolute atomic E-state index is 12.8. The normalized spacial score (nSPS) is 13.3. The van der Waals surface area contributed by atoms with Crippen LogP contribution in [0, 0.1) is 17.4 Å². The van der Waals surface area contributed by atoms with Crippen molar-refractivity contribution in [1.82, 2.24) is 10.6 Å². The molecule has 0 saturated heterocycles. The number of hydrogen-bond acceptors (Lipinski definition) is 4. The van der Waals surface area contributed by atoms with E-state index < -0.39 is 38.1 Å². The Bertz CT molecular complexity index is 866. The summed E-state index contributed by atoms with van der Waals surface area (Å²) in [5, 5.41) is 14.7. The average molecular weight is 475 g/mol. The number of carboxylic acid groups (broad SMARTS) is 1. The third-order valence-corrected chi connectivity index (χ3v) is 10.3. The minimum atomic E-state index is -1.89. The number of amides is 2. The molecule has 0 heterocycles. The maximum atomic E-state index is 12.8. The van der Waals surface area contributed by atoms with Gasteiger partial charge in [-0.3, -0.25) is 4.79 Å². The van der Waals surface area contributed by atoms with Gasteiger partial charge in [-0.15, -0.1) is 11.5 Å². The molecule has 0 aliphatic carbocycles. The van der Waals surface area contributed by atoms with Gasteiger partial charge in [-0.2, -0.15) is 0 Å². The highest BCUT2D eigenvalue weighted by molar-refractivity contribution is 6.87. The van der Waals surface area contributed by atoms with Gasteiger partial charge in [0.2, 0.25) is 5.91 Å². The van der Waals surface area contributed by atoms with Crippen molar-refractivity contribution >= 4 is 26.0 Å². The molecule has 0 aliphatic rings. The van der Waals surface area contributed by atoms with Gasteiger partial charge in [0, 0.05) is 6.42 Å². The van der Waals surface area contributed by atoms with E-state index in [9.17, 15) is 19.5 Å². The summed E-state index contributed by atoms with van der Waals surface area (Å²) in [6, 6.07) is 7.12. The first-order valence-electron chi connectivity index (χ1n) is 11.2. The quantitative estimate of drug-likeness (QED) is 0.365. The molecule has 1 rings (SSSR count). The Kier molecular flexibility index (Phi) is 10.7. The van der Waals surface area contributed by atoms with Gasteiger partial charge < -0.3 is 20.5 Å². The number of rotatable bonds is 9. The largest absolute Gasteiger partial charge is 0.480 e. The second-order valence-corrected chi connectivity index (χ2v) is 15.2. The van der Waals surface area contributed by atoms with Crippen molar-refractivity contribution in [2.75, 3.05) is 0 Å². The molecule has 0 aliphatic heterocycles. The van der Waals surface area contributed by atoms with Gasteiger partial charge in [0.15, 0.2) is 0 Å². The number of aliphatic carboxylic acids is 1. The van der Waals surface area contributed by atoms with Crippen molar-refractivity contribution in [3.8, 4) is 11.5 Å². The van der Waals surface area contributed by atoms with E-state index >= 15 is 0 Å². The topological polar surface area (TPSA) is 105 Å². The number of carbonyl (C=O) groups is 3. The summed E-state index contributed by atoms with van der Waals surface area (Å²) in [5.74, 6) is 1.34. The minimum absolute atomic E-state index is 0.000432. The fourth-order valence-corrected chi connectivity index (χ4v) is 3.56. The van der Waals surface area contributed by atoms with Gasteiger partial charge in [0.25, 0.3) is 0 Å². The molecule has 0 fully saturated rings. The highest BCUT2D eigenvalue weighted by Gasteiger charge is 2.34. The van der Waals surface area contributed by atoms with E-state index in [-0.39, 0.29) is 24.0 Å². The average Bonchev–Trinajstić information content (AvgIpc) is 2.70. The number of benzene rings is 1. The van der Waals surface area contributed by atoms with Crippen LogP contribution in [-0.4, -0.2) is 43.2 Å². The third-order valence-electron chi connectivity index (χ3n) is 5.73. The molecule has 0 spiro atoms. The molecular formula is C25H38N2O5Si. The van der Waals surface area contributed by atoms with Gasteiger partial charge in [-0.25, -0.2) is 9.59 Å².